The molecule has 1 aromatic carbocycles. The first-order valence-electron chi connectivity index (χ1n) is 5.86. The predicted octanol–water partition coefficient (Wildman–Crippen LogP) is 3.13. The molecular weight excluding hydrogens is 216 g/mol. The van der Waals surface area contributed by atoms with Gasteiger partial charge < -0.3 is 9.84 Å². The van der Waals surface area contributed by atoms with E-state index in [4.69, 9.17) is 9.84 Å². The van der Waals surface area contributed by atoms with E-state index in [1.807, 2.05) is 32.0 Å². The fourth-order valence-electron chi connectivity index (χ4n) is 1.59. The zero-order valence-corrected chi connectivity index (χ0v) is 10.7. The molecule has 3 nitrogen and oxygen atoms in total. The molecule has 0 unspecified atom stereocenters. The topological polar surface area (TPSA) is 46.5 Å². The van der Waals surface area contributed by atoms with Gasteiger partial charge in [0.15, 0.2) is 0 Å². The second kappa shape index (κ2) is 5.71. The molecule has 1 aromatic rings. The fourth-order valence-corrected chi connectivity index (χ4v) is 1.59. The number of hydrogen-bond donors (Lipinski definition) is 1. The summed E-state index contributed by atoms with van der Waals surface area (Å²) in [6, 6.07) is 7.90. The third kappa shape index (κ3) is 4.89. The van der Waals surface area contributed by atoms with Crippen molar-refractivity contribution in [3.05, 3.63) is 29.8 Å². The van der Waals surface area contributed by atoms with Crippen molar-refractivity contribution in [1.82, 2.24) is 0 Å². The van der Waals surface area contributed by atoms with Crippen LogP contribution in [-0.4, -0.2) is 17.7 Å². The Bertz CT molecular complexity index is 383. The first-order valence-corrected chi connectivity index (χ1v) is 5.86. The number of aryl methyl sites for hydroxylation is 1. The van der Waals surface area contributed by atoms with Crippen LogP contribution in [0.15, 0.2) is 24.3 Å². The molecule has 0 amide bonds. The van der Waals surface area contributed by atoms with Gasteiger partial charge in [-0.05, 0) is 24.1 Å². The van der Waals surface area contributed by atoms with E-state index in [0.717, 1.165) is 12.2 Å². The van der Waals surface area contributed by atoms with Crippen LogP contribution in [0.25, 0.3) is 0 Å². The summed E-state index contributed by atoms with van der Waals surface area (Å²) in [6.45, 7) is 6.29. The molecular formula is C14H20O3. The van der Waals surface area contributed by atoms with Gasteiger partial charge in [-0.25, -0.2) is 0 Å². The lowest BCUT2D eigenvalue weighted by atomic mass is 9.91. The van der Waals surface area contributed by atoms with E-state index >= 15 is 0 Å². The fraction of sp³-hybridized carbons (Fsp3) is 0.500. The average Bonchev–Trinajstić information content (AvgIpc) is 2.25. The Kier molecular flexibility index (Phi) is 4.55. The highest BCUT2D eigenvalue weighted by Crippen LogP contribution is 2.23. The van der Waals surface area contributed by atoms with Gasteiger partial charge in [0.2, 0.25) is 0 Å². The summed E-state index contributed by atoms with van der Waals surface area (Å²) >= 11 is 0. The smallest absolute Gasteiger partial charge is 0.304 e. The highest BCUT2D eigenvalue weighted by molar-refractivity contribution is 5.67. The van der Waals surface area contributed by atoms with E-state index in [9.17, 15) is 4.79 Å². The van der Waals surface area contributed by atoms with E-state index in [0.29, 0.717) is 6.61 Å². The lowest BCUT2D eigenvalue weighted by Gasteiger charge is -2.22. The van der Waals surface area contributed by atoms with Crippen LogP contribution < -0.4 is 4.74 Å². The Hall–Kier alpha value is -1.51. The van der Waals surface area contributed by atoms with Gasteiger partial charge in [0.1, 0.15) is 5.75 Å². The van der Waals surface area contributed by atoms with E-state index in [2.05, 4.69) is 13.0 Å². The number of ether oxygens (including phenoxy) is 1. The van der Waals surface area contributed by atoms with Gasteiger partial charge in [-0.3, -0.25) is 4.79 Å². The lowest BCUT2D eigenvalue weighted by molar-refractivity contribution is -0.139. The Morgan fingerprint density at radius 3 is 2.71 bits per heavy atom. The van der Waals surface area contributed by atoms with Crippen LogP contribution in [0.5, 0.6) is 5.75 Å². The summed E-state index contributed by atoms with van der Waals surface area (Å²) in [4.78, 5) is 10.7. The Labute approximate surface area is 102 Å². The number of carboxylic acids is 1. The first-order chi connectivity index (χ1) is 7.93. The monoisotopic (exact) mass is 236 g/mol. The second-order valence-corrected chi connectivity index (χ2v) is 5.02. The van der Waals surface area contributed by atoms with Crippen molar-refractivity contribution in [3.63, 3.8) is 0 Å². The summed E-state index contributed by atoms with van der Waals surface area (Å²) < 4.78 is 5.65. The van der Waals surface area contributed by atoms with Gasteiger partial charge in [-0.15, -0.1) is 0 Å². The molecule has 0 heterocycles. The highest BCUT2D eigenvalue weighted by atomic mass is 16.5. The summed E-state index contributed by atoms with van der Waals surface area (Å²) in [5.74, 6) is 0.0173. The Balaban J connectivity index is 2.57. The minimum absolute atomic E-state index is 0.112. The van der Waals surface area contributed by atoms with Crippen molar-refractivity contribution in [2.75, 3.05) is 6.61 Å². The standard InChI is InChI=1S/C14H20O3/c1-4-11-6-5-7-12(8-11)17-10-14(2,3)9-13(15)16/h5-8H,4,9-10H2,1-3H3,(H,15,16). The number of aliphatic carboxylic acids is 1. The zero-order chi connectivity index (χ0) is 12.9. The maximum absolute atomic E-state index is 10.7. The molecule has 0 aromatic heterocycles. The number of rotatable bonds is 6. The van der Waals surface area contributed by atoms with Gasteiger partial charge in [0, 0.05) is 5.41 Å². The predicted molar refractivity (Wildman–Crippen MR) is 67.3 cm³/mol. The molecule has 0 saturated carbocycles. The third-order valence-corrected chi connectivity index (χ3v) is 2.57. The minimum Gasteiger partial charge on any atom is -0.493 e. The third-order valence-electron chi connectivity index (χ3n) is 2.57. The van der Waals surface area contributed by atoms with Crippen LogP contribution in [0.2, 0.25) is 0 Å². The normalized spacial score (nSPS) is 11.2. The number of benzene rings is 1. The van der Waals surface area contributed by atoms with Crippen molar-refractivity contribution < 1.29 is 14.6 Å². The molecule has 0 aliphatic heterocycles. The molecule has 1 N–H and O–H groups in total. The number of hydrogen-bond acceptors (Lipinski definition) is 2. The van der Waals surface area contributed by atoms with E-state index in [-0.39, 0.29) is 11.8 Å². The molecule has 1 rings (SSSR count). The van der Waals surface area contributed by atoms with Crippen LogP contribution in [-0.2, 0) is 11.2 Å². The Morgan fingerprint density at radius 2 is 2.12 bits per heavy atom. The average molecular weight is 236 g/mol. The quantitative estimate of drug-likeness (QED) is 0.825. The van der Waals surface area contributed by atoms with E-state index in [1.165, 1.54) is 5.56 Å². The molecule has 0 aliphatic carbocycles. The maximum Gasteiger partial charge on any atom is 0.304 e. The highest BCUT2D eigenvalue weighted by Gasteiger charge is 2.22. The van der Waals surface area contributed by atoms with Crippen LogP contribution in [0.3, 0.4) is 0 Å². The number of carboxylic acid groups (broad SMARTS) is 1. The summed E-state index contributed by atoms with van der Waals surface area (Å²) in [6.07, 6.45) is 1.08. The largest absolute Gasteiger partial charge is 0.493 e. The van der Waals surface area contributed by atoms with Gasteiger partial charge >= 0.3 is 5.97 Å². The van der Waals surface area contributed by atoms with Crippen molar-refractivity contribution in [1.29, 1.82) is 0 Å². The van der Waals surface area contributed by atoms with Crippen molar-refractivity contribution in [2.45, 2.75) is 33.6 Å². The van der Waals surface area contributed by atoms with Gasteiger partial charge in [0.05, 0.1) is 13.0 Å². The lowest BCUT2D eigenvalue weighted by Crippen LogP contribution is -2.24. The van der Waals surface area contributed by atoms with Gasteiger partial charge in [0.25, 0.3) is 0 Å². The summed E-state index contributed by atoms with van der Waals surface area (Å²) in [5.41, 5.74) is 0.868. The minimum atomic E-state index is -0.791. The molecule has 94 valence electrons. The molecule has 0 fully saturated rings. The Morgan fingerprint density at radius 1 is 1.41 bits per heavy atom. The van der Waals surface area contributed by atoms with E-state index < -0.39 is 5.97 Å². The molecule has 0 aliphatic rings. The van der Waals surface area contributed by atoms with Crippen LogP contribution >= 0.6 is 0 Å². The first kappa shape index (κ1) is 13.6. The van der Waals surface area contributed by atoms with Crippen molar-refractivity contribution in [2.24, 2.45) is 5.41 Å². The summed E-state index contributed by atoms with van der Waals surface area (Å²) in [7, 11) is 0. The molecule has 0 saturated heterocycles. The number of carbonyl (C=O) groups is 1. The summed E-state index contributed by atoms with van der Waals surface area (Å²) in [5, 5.41) is 8.77. The van der Waals surface area contributed by atoms with Crippen LogP contribution in [0, 0.1) is 5.41 Å². The maximum atomic E-state index is 10.7. The molecule has 3 heteroatoms. The zero-order valence-electron chi connectivity index (χ0n) is 10.7. The van der Waals surface area contributed by atoms with Crippen LogP contribution in [0.1, 0.15) is 32.8 Å². The molecule has 0 radical (unpaired) electrons. The second-order valence-electron chi connectivity index (χ2n) is 5.02. The van der Waals surface area contributed by atoms with Crippen molar-refractivity contribution in [3.8, 4) is 5.75 Å². The molecule has 17 heavy (non-hydrogen) atoms. The molecule has 0 atom stereocenters. The van der Waals surface area contributed by atoms with Gasteiger partial charge in [-0.1, -0.05) is 32.9 Å². The van der Waals surface area contributed by atoms with Crippen molar-refractivity contribution >= 4 is 5.97 Å². The SMILES string of the molecule is CCc1cccc(OCC(C)(C)CC(=O)O)c1. The van der Waals surface area contributed by atoms with Gasteiger partial charge in [-0.2, -0.15) is 0 Å². The van der Waals surface area contributed by atoms with Crippen LogP contribution in [0.4, 0.5) is 0 Å². The molecule has 0 spiro atoms. The van der Waals surface area contributed by atoms with E-state index in [1.54, 1.807) is 0 Å². The molecule has 0 bridgehead atoms.